The molecular weight excluding hydrogens is 408 g/mol. The Morgan fingerprint density at radius 3 is 2.33 bits per heavy atom. The van der Waals surface area contributed by atoms with E-state index >= 15 is 0 Å². The zero-order chi connectivity index (χ0) is 21.7. The van der Waals surface area contributed by atoms with E-state index in [2.05, 4.69) is 10.6 Å². The lowest BCUT2D eigenvalue weighted by atomic mass is 10.1. The number of hydrogen-bond acceptors (Lipinski definition) is 4. The Bertz CT molecular complexity index is 960. The minimum atomic E-state index is -0.737. The zero-order valence-electron chi connectivity index (χ0n) is 16.1. The number of primary amides is 1. The lowest BCUT2D eigenvalue weighted by molar-refractivity contribution is -0.132. The number of halogens is 1. The summed E-state index contributed by atoms with van der Waals surface area (Å²) in [5.41, 5.74) is 6.85. The summed E-state index contributed by atoms with van der Waals surface area (Å²) in [5.74, 6) is -2.35. The third-order valence-corrected chi connectivity index (χ3v) is 5.02. The summed E-state index contributed by atoms with van der Waals surface area (Å²) in [6, 6.07) is 13.5. The van der Waals surface area contributed by atoms with E-state index in [0.29, 0.717) is 29.2 Å². The Morgan fingerprint density at radius 2 is 1.70 bits per heavy atom. The molecule has 4 N–H and O–H groups in total. The average molecular weight is 429 g/mol. The van der Waals surface area contributed by atoms with Crippen molar-refractivity contribution in [1.29, 1.82) is 0 Å². The standard InChI is InChI=1S/C21H21ClN4O4/c22-15-5-7-16(8-6-15)26-10-9-17(21(26)30)20(29)24-11-13-1-3-14(4-2-13)19(28)25-12-18(23)27/h1-8,17H,9-12H2,(H2,23,27)(H,24,29)(H,25,28). The highest BCUT2D eigenvalue weighted by molar-refractivity contribution is 6.30. The van der Waals surface area contributed by atoms with Crippen LogP contribution in [0.2, 0.25) is 5.02 Å². The van der Waals surface area contributed by atoms with Crippen LogP contribution in [0.25, 0.3) is 0 Å². The third-order valence-electron chi connectivity index (χ3n) is 4.77. The second-order valence-electron chi connectivity index (χ2n) is 6.87. The van der Waals surface area contributed by atoms with Crippen LogP contribution in [0.15, 0.2) is 48.5 Å². The molecule has 9 heteroatoms. The fraction of sp³-hybridized carbons (Fsp3) is 0.238. The van der Waals surface area contributed by atoms with E-state index in [-0.39, 0.29) is 24.9 Å². The van der Waals surface area contributed by atoms with E-state index in [1.165, 1.54) is 0 Å². The maximum Gasteiger partial charge on any atom is 0.251 e. The first-order valence-corrected chi connectivity index (χ1v) is 9.73. The first kappa shape index (κ1) is 21.3. The van der Waals surface area contributed by atoms with Crippen molar-refractivity contribution in [3.8, 4) is 0 Å². The molecule has 1 aliphatic rings. The van der Waals surface area contributed by atoms with Gasteiger partial charge in [0.2, 0.25) is 17.7 Å². The van der Waals surface area contributed by atoms with Crippen LogP contribution in [0.1, 0.15) is 22.3 Å². The largest absolute Gasteiger partial charge is 0.368 e. The van der Waals surface area contributed by atoms with E-state index in [0.717, 1.165) is 5.56 Å². The van der Waals surface area contributed by atoms with Crippen LogP contribution < -0.4 is 21.3 Å². The van der Waals surface area contributed by atoms with E-state index in [1.807, 2.05) is 0 Å². The van der Waals surface area contributed by atoms with E-state index in [9.17, 15) is 19.2 Å². The van der Waals surface area contributed by atoms with Gasteiger partial charge in [-0.1, -0.05) is 23.7 Å². The first-order valence-electron chi connectivity index (χ1n) is 9.35. The smallest absolute Gasteiger partial charge is 0.251 e. The molecular formula is C21H21ClN4O4. The van der Waals surface area contributed by atoms with Crippen molar-refractivity contribution in [2.45, 2.75) is 13.0 Å². The van der Waals surface area contributed by atoms with Crippen molar-refractivity contribution in [3.63, 3.8) is 0 Å². The summed E-state index contributed by atoms with van der Waals surface area (Å²) in [5, 5.41) is 5.75. The van der Waals surface area contributed by atoms with Gasteiger partial charge in [-0.05, 0) is 48.4 Å². The number of anilines is 1. The Kier molecular flexibility index (Phi) is 6.68. The lowest BCUT2D eigenvalue weighted by Gasteiger charge is -2.17. The van der Waals surface area contributed by atoms with Crippen LogP contribution >= 0.6 is 11.6 Å². The fourth-order valence-electron chi connectivity index (χ4n) is 3.16. The van der Waals surface area contributed by atoms with Crippen molar-refractivity contribution >= 4 is 40.9 Å². The predicted octanol–water partition coefficient (Wildman–Crippen LogP) is 1.22. The van der Waals surface area contributed by atoms with Crippen LogP contribution in [0.5, 0.6) is 0 Å². The number of carbonyl (C=O) groups is 4. The number of nitrogens with zero attached hydrogens (tertiary/aromatic N) is 1. The molecule has 0 bridgehead atoms. The van der Waals surface area contributed by atoms with Crippen molar-refractivity contribution in [2.75, 3.05) is 18.0 Å². The lowest BCUT2D eigenvalue weighted by Crippen LogP contribution is -2.36. The molecule has 2 aromatic carbocycles. The molecule has 8 nitrogen and oxygen atoms in total. The quantitative estimate of drug-likeness (QED) is 0.574. The predicted molar refractivity (Wildman–Crippen MR) is 112 cm³/mol. The number of benzene rings is 2. The zero-order valence-corrected chi connectivity index (χ0v) is 16.8. The van der Waals surface area contributed by atoms with Gasteiger partial charge in [-0.3, -0.25) is 19.2 Å². The maximum atomic E-state index is 12.6. The maximum absolute atomic E-state index is 12.6. The molecule has 1 atom stereocenters. The summed E-state index contributed by atoms with van der Waals surface area (Å²) < 4.78 is 0. The molecule has 0 radical (unpaired) electrons. The van der Waals surface area contributed by atoms with Gasteiger partial charge in [0.25, 0.3) is 5.91 Å². The molecule has 0 saturated carbocycles. The van der Waals surface area contributed by atoms with Gasteiger partial charge < -0.3 is 21.3 Å². The molecule has 0 spiro atoms. The molecule has 156 valence electrons. The Morgan fingerprint density at radius 1 is 1.03 bits per heavy atom. The molecule has 4 amide bonds. The molecule has 1 heterocycles. The number of rotatable bonds is 7. The average Bonchev–Trinajstić information content (AvgIpc) is 3.12. The van der Waals surface area contributed by atoms with Crippen LogP contribution in [-0.2, 0) is 20.9 Å². The van der Waals surface area contributed by atoms with Crippen molar-refractivity contribution in [1.82, 2.24) is 10.6 Å². The number of nitrogens with one attached hydrogen (secondary N) is 2. The Balaban J connectivity index is 1.53. The van der Waals surface area contributed by atoms with Crippen LogP contribution in [0, 0.1) is 5.92 Å². The SMILES string of the molecule is NC(=O)CNC(=O)c1ccc(CNC(=O)C2CCN(c3ccc(Cl)cc3)C2=O)cc1. The summed E-state index contributed by atoms with van der Waals surface area (Å²) >= 11 is 5.88. The van der Waals surface area contributed by atoms with Crippen molar-refractivity contribution in [3.05, 3.63) is 64.7 Å². The Hall–Kier alpha value is -3.39. The van der Waals surface area contributed by atoms with Crippen LogP contribution in [0.3, 0.4) is 0 Å². The Labute approximate surface area is 178 Å². The molecule has 1 saturated heterocycles. The molecule has 0 aliphatic carbocycles. The van der Waals surface area contributed by atoms with Crippen molar-refractivity contribution in [2.24, 2.45) is 11.7 Å². The fourth-order valence-corrected chi connectivity index (χ4v) is 3.28. The summed E-state index contributed by atoms with van der Waals surface area (Å²) in [4.78, 5) is 49.3. The van der Waals surface area contributed by atoms with E-state index < -0.39 is 17.7 Å². The van der Waals surface area contributed by atoms with Gasteiger partial charge in [-0.2, -0.15) is 0 Å². The highest BCUT2D eigenvalue weighted by atomic mass is 35.5. The number of carbonyl (C=O) groups excluding carboxylic acids is 4. The van der Waals surface area contributed by atoms with Gasteiger partial charge in [0.05, 0.1) is 6.54 Å². The molecule has 1 fully saturated rings. The topological polar surface area (TPSA) is 122 Å². The van der Waals surface area contributed by atoms with Crippen molar-refractivity contribution < 1.29 is 19.2 Å². The van der Waals surface area contributed by atoms with Gasteiger partial charge >= 0.3 is 0 Å². The van der Waals surface area contributed by atoms with Crippen LogP contribution in [0.4, 0.5) is 5.69 Å². The second-order valence-corrected chi connectivity index (χ2v) is 7.31. The highest BCUT2D eigenvalue weighted by Crippen LogP contribution is 2.26. The molecule has 3 rings (SSSR count). The second kappa shape index (κ2) is 9.41. The summed E-state index contributed by atoms with van der Waals surface area (Å²) in [6.45, 7) is 0.458. The number of amides is 4. The van der Waals surface area contributed by atoms with E-state index in [1.54, 1.807) is 53.4 Å². The molecule has 0 aromatic heterocycles. The minimum Gasteiger partial charge on any atom is -0.368 e. The number of hydrogen-bond donors (Lipinski definition) is 3. The van der Waals surface area contributed by atoms with Gasteiger partial charge in [0.15, 0.2) is 0 Å². The summed E-state index contributed by atoms with van der Waals surface area (Å²) in [6.07, 6.45) is 0.437. The van der Waals surface area contributed by atoms with Gasteiger partial charge in [-0.25, -0.2) is 0 Å². The number of nitrogens with two attached hydrogens (primary N) is 1. The molecule has 30 heavy (non-hydrogen) atoms. The van der Waals surface area contributed by atoms with Gasteiger partial charge in [0, 0.05) is 29.4 Å². The van der Waals surface area contributed by atoms with Gasteiger partial charge in [0.1, 0.15) is 5.92 Å². The third kappa shape index (κ3) is 5.15. The van der Waals surface area contributed by atoms with Crippen LogP contribution in [-0.4, -0.2) is 36.7 Å². The molecule has 2 aromatic rings. The monoisotopic (exact) mass is 428 g/mol. The minimum absolute atomic E-state index is 0.229. The first-order chi connectivity index (χ1) is 14.3. The van der Waals surface area contributed by atoms with E-state index in [4.69, 9.17) is 17.3 Å². The van der Waals surface area contributed by atoms with Gasteiger partial charge in [-0.15, -0.1) is 0 Å². The highest BCUT2D eigenvalue weighted by Gasteiger charge is 2.37. The normalized spacial score (nSPS) is 15.7. The summed E-state index contributed by atoms with van der Waals surface area (Å²) in [7, 11) is 0. The molecule has 1 aliphatic heterocycles. The molecule has 1 unspecified atom stereocenters.